The number of oxazole rings is 1. The Morgan fingerprint density at radius 2 is 1.97 bits per heavy atom. The monoisotopic (exact) mass is 517 g/mol. The average molecular weight is 518 g/mol. The second kappa shape index (κ2) is 10.1. The highest BCUT2D eigenvalue weighted by Gasteiger charge is 2.30. The largest absolute Gasteiger partial charge is 0.451 e. The van der Waals surface area contributed by atoms with Crippen LogP contribution in [0.4, 0.5) is 5.69 Å². The first-order chi connectivity index (χ1) is 17.7. The number of pyridine rings is 1. The summed E-state index contributed by atoms with van der Waals surface area (Å²) in [6.07, 6.45) is 5.65. The fourth-order valence-electron chi connectivity index (χ4n) is 4.80. The van der Waals surface area contributed by atoms with Crippen LogP contribution in [-0.2, 0) is 12.8 Å². The number of fused-ring (bicyclic) bond motifs is 2. The number of carbonyl (C=O) groups excluding carboxylic acids is 2. The second-order valence-electron chi connectivity index (χ2n) is 10.6. The van der Waals surface area contributed by atoms with Crippen molar-refractivity contribution >= 4 is 39.1 Å². The Balaban J connectivity index is 1.28. The van der Waals surface area contributed by atoms with Gasteiger partial charge in [0.1, 0.15) is 11.1 Å². The van der Waals surface area contributed by atoms with Crippen molar-refractivity contribution in [3.63, 3.8) is 0 Å². The Morgan fingerprint density at radius 3 is 2.65 bits per heavy atom. The molecule has 0 aliphatic heterocycles. The van der Waals surface area contributed by atoms with Crippen molar-refractivity contribution in [3.05, 3.63) is 76.4 Å². The normalized spacial score (nSPS) is 16.3. The number of anilines is 1. The molecule has 0 unspecified atom stereocenters. The van der Waals surface area contributed by atoms with Crippen LogP contribution < -0.4 is 16.4 Å². The van der Waals surface area contributed by atoms with Crippen LogP contribution in [0.1, 0.15) is 70.2 Å². The van der Waals surface area contributed by atoms with Gasteiger partial charge in [-0.3, -0.25) is 9.59 Å². The molecule has 1 aliphatic rings. The number of hydrogen-bond donors (Lipinski definition) is 3. The molecule has 3 aromatic heterocycles. The summed E-state index contributed by atoms with van der Waals surface area (Å²) < 4.78 is 4.84. The molecule has 0 spiro atoms. The molecule has 192 valence electrons. The smallest absolute Gasteiger partial charge is 0.277 e. The maximum Gasteiger partial charge on any atom is 0.277 e. The summed E-state index contributed by atoms with van der Waals surface area (Å²) in [6, 6.07) is 11.0. The van der Waals surface area contributed by atoms with E-state index >= 15 is 0 Å². The molecular weight excluding hydrogens is 486 g/mol. The average Bonchev–Trinajstić information content (AvgIpc) is 3.55. The summed E-state index contributed by atoms with van der Waals surface area (Å²) in [7, 11) is 0. The van der Waals surface area contributed by atoms with Crippen molar-refractivity contribution in [2.45, 2.75) is 46.1 Å². The fourth-order valence-corrected chi connectivity index (χ4v) is 5.74. The summed E-state index contributed by atoms with van der Waals surface area (Å²) in [5.41, 5.74) is 10.4. The van der Waals surface area contributed by atoms with Crippen LogP contribution in [0.2, 0.25) is 0 Å². The van der Waals surface area contributed by atoms with Crippen molar-refractivity contribution in [1.29, 1.82) is 0 Å². The Morgan fingerprint density at radius 1 is 1.19 bits per heavy atom. The molecule has 2 atom stereocenters. The number of amides is 2. The topological polar surface area (TPSA) is 123 Å². The maximum atomic E-state index is 13.1. The Bertz CT molecular complexity index is 1420. The molecule has 0 saturated heterocycles. The van der Waals surface area contributed by atoms with E-state index in [1.54, 1.807) is 12.1 Å². The fraction of sp³-hybridized carbons (Fsp3) is 0.357. The number of benzene rings is 1. The molecule has 5 rings (SSSR count). The van der Waals surface area contributed by atoms with Gasteiger partial charge < -0.3 is 20.8 Å². The van der Waals surface area contributed by atoms with E-state index in [4.69, 9.17) is 15.1 Å². The zero-order chi connectivity index (χ0) is 26.2. The number of carbonyl (C=O) groups is 2. The lowest BCUT2D eigenvalue weighted by Crippen LogP contribution is -2.33. The number of aromatic nitrogens is 2. The van der Waals surface area contributed by atoms with E-state index in [9.17, 15) is 9.59 Å². The molecule has 1 aromatic carbocycles. The van der Waals surface area contributed by atoms with Crippen molar-refractivity contribution in [2.24, 2.45) is 17.1 Å². The lowest BCUT2D eigenvalue weighted by atomic mass is 9.71. The van der Waals surface area contributed by atoms with E-state index in [0.29, 0.717) is 16.5 Å². The lowest BCUT2D eigenvalue weighted by Gasteiger charge is -2.34. The first-order valence-corrected chi connectivity index (χ1v) is 13.3. The van der Waals surface area contributed by atoms with Crippen LogP contribution in [-0.4, -0.2) is 28.3 Å². The molecule has 8 nitrogen and oxygen atoms in total. The van der Waals surface area contributed by atoms with E-state index < -0.39 is 0 Å². The van der Waals surface area contributed by atoms with Gasteiger partial charge in [-0.15, -0.1) is 11.3 Å². The minimum Gasteiger partial charge on any atom is -0.451 e. The standard InChI is InChI=1S/C28H31N5O3S/c1-28(2,3)19-6-9-21-17(11-19)10-18-12-24(37-27(18)33-21)26(35)32-22(13-29)16-4-7-20(8-5-16)31-25(34)23-14-36-15-30-23/h4-5,7-8,10,12,14-15,19,22H,6,9,11,13,29H2,1-3H3,(H,31,34)(H,32,35)/t19-,22-/m1/s1. The third kappa shape index (κ3) is 5.42. The van der Waals surface area contributed by atoms with Gasteiger partial charge in [0.15, 0.2) is 12.1 Å². The minimum atomic E-state index is -0.369. The third-order valence-electron chi connectivity index (χ3n) is 7.10. The molecule has 2 amide bonds. The minimum absolute atomic E-state index is 0.174. The summed E-state index contributed by atoms with van der Waals surface area (Å²) >= 11 is 1.42. The molecule has 4 aromatic rings. The number of nitrogens with one attached hydrogen (secondary N) is 2. The highest BCUT2D eigenvalue weighted by Crippen LogP contribution is 2.38. The van der Waals surface area contributed by atoms with E-state index in [0.717, 1.165) is 40.7 Å². The molecule has 1 aliphatic carbocycles. The summed E-state index contributed by atoms with van der Waals surface area (Å²) in [6.45, 7) is 7.15. The molecule has 3 heterocycles. The van der Waals surface area contributed by atoms with Gasteiger partial charge in [-0.2, -0.15) is 0 Å². The molecule has 9 heteroatoms. The van der Waals surface area contributed by atoms with Crippen LogP contribution in [0.15, 0.2) is 53.5 Å². The second-order valence-corrected chi connectivity index (χ2v) is 11.6. The molecule has 37 heavy (non-hydrogen) atoms. The highest BCUT2D eigenvalue weighted by molar-refractivity contribution is 7.20. The van der Waals surface area contributed by atoms with Crippen molar-refractivity contribution in [1.82, 2.24) is 15.3 Å². The van der Waals surface area contributed by atoms with Crippen LogP contribution in [0, 0.1) is 11.3 Å². The molecule has 0 bridgehead atoms. The zero-order valence-corrected chi connectivity index (χ0v) is 22.0. The maximum absolute atomic E-state index is 13.1. The first kappa shape index (κ1) is 25.1. The number of hydrogen-bond acceptors (Lipinski definition) is 7. The van der Waals surface area contributed by atoms with Crippen molar-refractivity contribution in [3.8, 4) is 0 Å². The van der Waals surface area contributed by atoms with Crippen molar-refractivity contribution in [2.75, 3.05) is 11.9 Å². The predicted molar refractivity (Wildman–Crippen MR) is 145 cm³/mol. The van der Waals surface area contributed by atoms with Gasteiger partial charge in [-0.1, -0.05) is 32.9 Å². The quantitative estimate of drug-likeness (QED) is 0.326. The SMILES string of the molecule is CC(C)(C)[C@@H]1CCc2nc3sc(C(=O)N[C@H](CN)c4ccc(NC(=O)c5cocn5)cc4)cc3cc2C1. The third-order valence-corrected chi connectivity index (χ3v) is 8.14. The molecule has 4 N–H and O–H groups in total. The van der Waals surface area contributed by atoms with Crippen molar-refractivity contribution < 1.29 is 14.0 Å². The van der Waals surface area contributed by atoms with Gasteiger partial charge in [0.05, 0.1) is 10.9 Å². The zero-order valence-electron chi connectivity index (χ0n) is 21.2. The van der Waals surface area contributed by atoms with E-state index in [2.05, 4.69) is 42.5 Å². The molecule has 0 fully saturated rings. The van der Waals surface area contributed by atoms with Gasteiger partial charge in [-0.05, 0) is 66.0 Å². The van der Waals surface area contributed by atoms with E-state index in [-0.39, 0.29) is 35.5 Å². The number of thiophene rings is 1. The lowest BCUT2D eigenvalue weighted by molar-refractivity contribution is 0.0941. The number of nitrogens with two attached hydrogens (primary N) is 1. The Labute approximate surface area is 219 Å². The Hall–Kier alpha value is -3.56. The van der Waals surface area contributed by atoms with Crippen LogP contribution >= 0.6 is 11.3 Å². The van der Waals surface area contributed by atoms with Gasteiger partial charge in [-0.25, -0.2) is 9.97 Å². The Kier molecular flexibility index (Phi) is 6.83. The molecular formula is C28H31N5O3S. The molecule has 0 saturated carbocycles. The first-order valence-electron chi connectivity index (χ1n) is 12.4. The predicted octanol–water partition coefficient (Wildman–Crippen LogP) is 5.12. The van der Waals surface area contributed by atoms with Gasteiger partial charge in [0.2, 0.25) is 0 Å². The number of nitrogens with zero attached hydrogens (tertiary/aromatic N) is 2. The summed E-state index contributed by atoms with van der Waals surface area (Å²) in [4.78, 5) is 35.6. The molecule has 0 radical (unpaired) electrons. The van der Waals surface area contributed by atoms with Crippen LogP contribution in [0.3, 0.4) is 0 Å². The van der Waals surface area contributed by atoms with Gasteiger partial charge in [0, 0.05) is 23.3 Å². The van der Waals surface area contributed by atoms with Gasteiger partial charge in [0.25, 0.3) is 11.8 Å². The van der Waals surface area contributed by atoms with Crippen LogP contribution in [0.5, 0.6) is 0 Å². The van der Waals surface area contributed by atoms with E-state index in [1.807, 2.05) is 18.2 Å². The number of aryl methyl sites for hydroxylation is 1. The summed E-state index contributed by atoms with van der Waals surface area (Å²) in [5.74, 6) is 0.0968. The summed E-state index contributed by atoms with van der Waals surface area (Å²) in [5, 5.41) is 6.82. The number of rotatable bonds is 6. The van der Waals surface area contributed by atoms with Gasteiger partial charge >= 0.3 is 0 Å². The highest BCUT2D eigenvalue weighted by atomic mass is 32.1. The van der Waals surface area contributed by atoms with Crippen LogP contribution in [0.25, 0.3) is 10.2 Å². The van der Waals surface area contributed by atoms with E-state index in [1.165, 1.54) is 29.6 Å².